The number of nitrogens with zero attached hydrogens (tertiary/aromatic N) is 1. The van der Waals surface area contributed by atoms with E-state index >= 15 is 0 Å². The summed E-state index contributed by atoms with van der Waals surface area (Å²) in [5.74, 6) is -1.11. The van der Waals surface area contributed by atoms with Crippen LogP contribution in [0.25, 0.3) is 0 Å². The van der Waals surface area contributed by atoms with Gasteiger partial charge in [-0.05, 0) is 24.3 Å². The monoisotopic (exact) mass is 266 g/mol. The standard InChI is InChI=1S/C13H12ClFN2O/c14-10-4-3-5-11(15)12(10)13(18)16-6-9-17-7-1-2-8-17/h1-5,7-8H,6,9H2,(H,16,18). The Morgan fingerprint density at radius 3 is 2.67 bits per heavy atom. The van der Waals surface area contributed by atoms with Crippen molar-refractivity contribution < 1.29 is 9.18 Å². The molecule has 2 aromatic rings. The molecule has 0 aliphatic carbocycles. The Balaban J connectivity index is 1.96. The smallest absolute Gasteiger partial charge is 0.255 e. The van der Waals surface area contributed by atoms with Crippen molar-refractivity contribution in [3.05, 3.63) is 59.1 Å². The van der Waals surface area contributed by atoms with Crippen molar-refractivity contribution in [2.24, 2.45) is 0 Å². The Morgan fingerprint density at radius 2 is 2.00 bits per heavy atom. The number of benzene rings is 1. The molecule has 0 saturated carbocycles. The molecular weight excluding hydrogens is 255 g/mol. The van der Waals surface area contributed by atoms with E-state index < -0.39 is 11.7 Å². The molecule has 0 spiro atoms. The van der Waals surface area contributed by atoms with Crippen molar-refractivity contribution >= 4 is 17.5 Å². The molecule has 0 aliphatic heterocycles. The van der Waals surface area contributed by atoms with Crippen LogP contribution in [0.1, 0.15) is 10.4 Å². The van der Waals surface area contributed by atoms with Gasteiger partial charge in [0.05, 0.1) is 10.6 Å². The fourth-order valence-electron chi connectivity index (χ4n) is 1.62. The summed E-state index contributed by atoms with van der Waals surface area (Å²) in [6.07, 6.45) is 3.78. The fourth-order valence-corrected chi connectivity index (χ4v) is 1.87. The molecule has 2 rings (SSSR count). The lowest BCUT2D eigenvalue weighted by Gasteiger charge is -2.08. The van der Waals surface area contributed by atoms with Crippen LogP contribution in [0.2, 0.25) is 5.02 Å². The van der Waals surface area contributed by atoms with Gasteiger partial charge in [-0.2, -0.15) is 0 Å². The van der Waals surface area contributed by atoms with E-state index in [1.54, 1.807) is 0 Å². The van der Waals surface area contributed by atoms with E-state index in [0.717, 1.165) is 0 Å². The maximum absolute atomic E-state index is 13.5. The molecule has 94 valence electrons. The molecule has 0 fully saturated rings. The number of hydrogen-bond donors (Lipinski definition) is 1. The third-order valence-corrected chi connectivity index (χ3v) is 2.83. The molecule has 0 radical (unpaired) electrons. The Hall–Kier alpha value is -1.81. The summed E-state index contributed by atoms with van der Waals surface area (Å²) in [7, 11) is 0. The Bertz CT molecular complexity index is 520. The zero-order chi connectivity index (χ0) is 13.0. The van der Waals surface area contributed by atoms with Gasteiger partial charge < -0.3 is 9.88 Å². The first-order valence-corrected chi connectivity index (χ1v) is 5.89. The number of rotatable bonds is 4. The number of aromatic nitrogens is 1. The summed E-state index contributed by atoms with van der Waals surface area (Å²) >= 11 is 5.80. The van der Waals surface area contributed by atoms with Crippen LogP contribution < -0.4 is 5.32 Å². The number of carbonyl (C=O) groups is 1. The molecule has 1 aromatic carbocycles. The van der Waals surface area contributed by atoms with E-state index in [0.29, 0.717) is 13.1 Å². The van der Waals surface area contributed by atoms with E-state index in [4.69, 9.17) is 11.6 Å². The summed E-state index contributed by atoms with van der Waals surface area (Å²) in [6, 6.07) is 7.97. The molecule has 1 heterocycles. The number of carbonyl (C=O) groups excluding carboxylic acids is 1. The second kappa shape index (κ2) is 5.69. The summed E-state index contributed by atoms with van der Waals surface area (Å²) in [5, 5.41) is 2.75. The van der Waals surface area contributed by atoms with Gasteiger partial charge in [-0.1, -0.05) is 17.7 Å². The molecule has 0 atom stereocenters. The van der Waals surface area contributed by atoms with E-state index in [2.05, 4.69) is 5.32 Å². The first kappa shape index (κ1) is 12.6. The minimum atomic E-state index is -0.610. The lowest BCUT2D eigenvalue weighted by molar-refractivity contribution is 0.0948. The summed E-state index contributed by atoms with van der Waals surface area (Å²) in [5.41, 5.74) is -0.105. The molecule has 18 heavy (non-hydrogen) atoms. The molecule has 0 saturated heterocycles. The van der Waals surface area contributed by atoms with E-state index in [9.17, 15) is 9.18 Å². The van der Waals surface area contributed by atoms with Gasteiger partial charge in [0.15, 0.2) is 0 Å². The third kappa shape index (κ3) is 2.90. The van der Waals surface area contributed by atoms with Crippen LogP contribution in [-0.2, 0) is 6.54 Å². The average molecular weight is 267 g/mol. The van der Waals surface area contributed by atoms with Gasteiger partial charge in [-0.25, -0.2) is 4.39 Å². The summed E-state index contributed by atoms with van der Waals surface area (Å²) in [6.45, 7) is 1.04. The quantitative estimate of drug-likeness (QED) is 0.907. The van der Waals surface area contributed by atoms with Gasteiger partial charge in [0.2, 0.25) is 0 Å². The van der Waals surface area contributed by atoms with Gasteiger partial charge in [0, 0.05) is 25.5 Å². The van der Waals surface area contributed by atoms with Crippen LogP contribution in [-0.4, -0.2) is 17.0 Å². The predicted molar refractivity (Wildman–Crippen MR) is 68.2 cm³/mol. The van der Waals surface area contributed by atoms with Crippen molar-refractivity contribution in [3.63, 3.8) is 0 Å². The zero-order valence-corrected chi connectivity index (χ0v) is 10.3. The van der Waals surface area contributed by atoms with Crippen molar-refractivity contribution in [2.75, 3.05) is 6.54 Å². The van der Waals surface area contributed by atoms with E-state index in [-0.39, 0.29) is 10.6 Å². The SMILES string of the molecule is O=C(NCCn1cccc1)c1c(F)cccc1Cl. The zero-order valence-electron chi connectivity index (χ0n) is 9.57. The summed E-state index contributed by atoms with van der Waals surface area (Å²) in [4.78, 5) is 11.8. The Morgan fingerprint density at radius 1 is 1.28 bits per heavy atom. The summed E-state index contributed by atoms with van der Waals surface area (Å²) < 4.78 is 15.4. The van der Waals surface area contributed by atoms with Crippen molar-refractivity contribution in [3.8, 4) is 0 Å². The number of hydrogen-bond acceptors (Lipinski definition) is 1. The maximum Gasteiger partial charge on any atom is 0.255 e. The lowest BCUT2D eigenvalue weighted by atomic mass is 10.2. The second-order valence-electron chi connectivity index (χ2n) is 3.77. The lowest BCUT2D eigenvalue weighted by Crippen LogP contribution is -2.28. The van der Waals surface area contributed by atoms with Crippen LogP contribution >= 0.6 is 11.6 Å². The Kier molecular flexibility index (Phi) is 3.99. The molecule has 1 amide bonds. The Labute approximate surface area is 109 Å². The predicted octanol–water partition coefficient (Wildman–Crippen LogP) is 2.71. The highest BCUT2D eigenvalue weighted by Crippen LogP contribution is 2.18. The van der Waals surface area contributed by atoms with Gasteiger partial charge in [0.1, 0.15) is 5.82 Å². The normalized spacial score (nSPS) is 10.3. The molecule has 1 aromatic heterocycles. The largest absolute Gasteiger partial charge is 0.353 e. The van der Waals surface area contributed by atoms with Gasteiger partial charge in [-0.3, -0.25) is 4.79 Å². The van der Waals surface area contributed by atoms with Gasteiger partial charge in [-0.15, -0.1) is 0 Å². The molecule has 0 aliphatic rings. The minimum Gasteiger partial charge on any atom is -0.353 e. The number of halogens is 2. The van der Waals surface area contributed by atoms with Crippen molar-refractivity contribution in [2.45, 2.75) is 6.54 Å². The molecular formula is C13H12ClFN2O. The molecule has 0 unspecified atom stereocenters. The van der Waals surface area contributed by atoms with Crippen LogP contribution in [0, 0.1) is 5.82 Å². The number of amides is 1. The van der Waals surface area contributed by atoms with Gasteiger partial charge in [0.25, 0.3) is 5.91 Å². The van der Waals surface area contributed by atoms with Crippen molar-refractivity contribution in [1.82, 2.24) is 9.88 Å². The highest BCUT2D eigenvalue weighted by Gasteiger charge is 2.14. The second-order valence-corrected chi connectivity index (χ2v) is 4.18. The minimum absolute atomic E-state index is 0.105. The van der Waals surface area contributed by atoms with Gasteiger partial charge >= 0.3 is 0 Å². The third-order valence-electron chi connectivity index (χ3n) is 2.51. The first-order chi connectivity index (χ1) is 8.68. The van der Waals surface area contributed by atoms with E-state index in [1.807, 2.05) is 29.1 Å². The molecule has 3 nitrogen and oxygen atoms in total. The average Bonchev–Trinajstić information content (AvgIpc) is 2.82. The number of nitrogens with one attached hydrogen (secondary N) is 1. The maximum atomic E-state index is 13.5. The molecule has 0 bridgehead atoms. The highest BCUT2D eigenvalue weighted by molar-refractivity contribution is 6.33. The van der Waals surface area contributed by atoms with Crippen LogP contribution in [0.3, 0.4) is 0 Å². The van der Waals surface area contributed by atoms with Crippen molar-refractivity contribution in [1.29, 1.82) is 0 Å². The van der Waals surface area contributed by atoms with E-state index in [1.165, 1.54) is 18.2 Å². The first-order valence-electron chi connectivity index (χ1n) is 5.51. The highest BCUT2D eigenvalue weighted by atomic mass is 35.5. The van der Waals surface area contributed by atoms with Crippen LogP contribution in [0.4, 0.5) is 4.39 Å². The van der Waals surface area contributed by atoms with Crippen LogP contribution in [0.5, 0.6) is 0 Å². The molecule has 1 N–H and O–H groups in total. The topological polar surface area (TPSA) is 34.0 Å². The fraction of sp³-hybridized carbons (Fsp3) is 0.154. The van der Waals surface area contributed by atoms with Crippen LogP contribution in [0.15, 0.2) is 42.7 Å². The molecule has 5 heteroatoms.